The van der Waals surface area contributed by atoms with Crippen molar-refractivity contribution in [2.45, 2.75) is 26.2 Å². The van der Waals surface area contributed by atoms with Gasteiger partial charge in [0, 0.05) is 40.1 Å². The lowest BCUT2D eigenvalue weighted by Gasteiger charge is -2.29. The molecule has 0 heterocycles. The van der Waals surface area contributed by atoms with Crippen LogP contribution in [-0.4, -0.2) is 0 Å². The molecule has 0 saturated carbocycles. The summed E-state index contributed by atoms with van der Waals surface area (Å²) in [5.74, 6) is 0.360. The maximum absolute atomic E-state index is 2.39. The Morgan fingerprint density at radius 2 is 0.750 bits per heavy atom. The second-order valence-corrected chi connectivity index (χ2v) is 19.0. The van der Waals surface area contributed by atoms with E-state index in [2.05, 4.69) is 297 Å². The molecule has 1 unspecified atom stereocenters. The summed E-state index contributed by atoms with van der Waals surface area (Å²) < 4.78 is 0. The standard InChI is InChI=1S/C70H54N2/c1-49-23-43-67-57(47-49)33-45-65(55-29-39-63(40-30-55)71(59-19-11-5-12-20-59)61-35-25-53(26-36-61)51-15-7-3-8-16-51)69(67)70-66(46-34-58-48-50(2)24-44-68(58)70)56-31-41-64(42-32-56)72(60-21-13-6-14-22-60)62-37-27-54(28-38-62)52-17-9-4-10-18-52/h3-27,29-48,54H,28H2,1-2H3. The van der Waals surface area contributed by atoms with Crippen LogP contribution in [0.1, 0.15) is 29.0 Å². The molecule has 0 saturated heterocycles. The molecule has 2 nitrogen and oxygen atoms in total. The molecule has 0 fully saturated rings. The smallest absolute Gasteiger partial charge is 0.0462 e. The molecule has 1 atom stereocenters. The van der Waals surface area contributed by atoms with Crippen molar-refractivity contribution in [2.24, 2.45) is 0 Å². The van der Waals surface area contributed by atoms with E-state index >= 15 is 0 Å². The molecule has 72 heavy (non-hydrogen) atoms. The Labute approximate surface area is 423 Å². The van der Waals surface area contributed by atoms with Crippen LogP contribution in [0.5, 0.6) is 0 Å². The van der Waals surface area contributed by atoms with Crippen molar-refractivity contribution in [3.63, 3.8) is 0 Å². The third-order valence-electron chi connectivity index (χ3n) is 14.3. The molecule has 11 aromatic carbocycles. The first-order valence-electron chi connectivity index (χ1n) is 25.1. The minimum Gasteiger partial charge on any atom is -0.311 e. The summed E-state index contributed by atoms with van der Waals surface area (Å²) in [5.41, 5.74) is 20.2. The predicted octanol–water partition coefficient (Wildman–Crippen LogP) is 19.5. The van der Waals surface area contributed by atoms with Gasteiger partial charge in [-0.05, 0) is 159 Å². The molecule has 0 amide bonds. The van der Waals surface area contributed by atoms with Gasteiger partial charge in [0.25, 0.3) is 0 Å². The number of para-hydroxylation sites is 2. The monoisotopic (exact) mass is 922 g/mol. The number of hydrogen-bond acceptors (Lipinski definition) is 2. The van der Waals surface area contributed by atoms with E-state index in [-0.39, 0.29) is 0 Å². The second-order valence-electron chi connectivity index (χ2n) is 19.0. The summed E-state index contributed by atoms with van der Waals surface area (Å²) in [5, 5.41) is 4.93. The summed E-state index contributed by atoms with van der Waals surface area (Å²) >= 11 is 0. The van der Waals surface area contributed by atoms with Gasteiger partial charge >= 0.3 is 0 Å². The van der Waals surface area contributed by atoms with Crippen LogP contribution in [0.15, 0.2) is 279 Å². The molecule has 0 spiro atoms. The van der Waals surface area contributed by atoms with E-state index in [9.17, 15) is 0 Å². The molecule has 0 bridgehead atoms. The zero-order chi connectivity index (χ0) is 48.4. The number of anilines is 5. The highest BCUT2D eigenvalue weighted by atomic mass is 15.1. The van der Waals surface area contributed by atoms with Crippen molar-refractivity contribution >= 4 is 50.0 Å². The fourth-order valence-corrected chi connectivity index (χ4v) is 10.7. The molecule has 11 aromatic rings. The largest absolute Gasteiger partial charge is 0.311 e. The molecular weight excluding hydrogens is 869 g/mol. The van der Waals surface area contributed by atoms with Crippen molar-refractivity contribution in [3.05, 3.63) is 295 Å². The van der Waals surface area contributed by atoms with Crippen LogP contribution in [0, 0.1) is 13.8 Å². The van der Waals surface area contributed by atoms with Crippen LogP contribution in [-0.2, 0) is 0 Å². The van der Waals surface area contributed by atoms with Gasteiger partial charge in [0.05, 0.1) is 0 Å². The van der Waals surface area contributed by atoms with Crippen LogP contribution in [0.2, 0.25) is 0 Å². The van der Waals surface area contributed by atoms with E-state index in [1.165, 1.54) is 82.9 Å². The van der Waals surface area contributed by atoms with Gasteiger partial charge in [0.15, 0.2) is 0 Å². The van der Waals surface area contributed by atoms with E-state index in [1.54, 1.807) is 0 Å². The molecular formula is C70H54N2. The van der Waals surface area contributed by atoms with E-state index < -0.39 is 0 Å². The SMILES string of the molecule is Cc1ccc2c(-c3c(-c4ccc(N(c5ccccc5)c5ccc(-c6ccccc6)cc5)cc4)ccc4cc(C)ccc34)c(-c3ccc(N(C4=CCC(c5ccccc5)C=C4)c4ccccc4)cc3)ccc2c1. The Morgan fingerprint density at radius 3 is 1.22 bits per heavy atom. The zero-order valence-electron chi connectivity index (χ0n) is 40.7. The number of hydrogen-bond donors (Lipinski definition) is 0. The number of allylic oxidation sites excluding steroid dienone is 3. The van der Waals surface area contributed by atoms with Gasteiger partial charge in [0.2, 0.25) is 0 Å². The number of nitrogens with zero attached hydrogens (tertiary/aromatic N) is 2. The van der Waals surface area contributed by atoms with Crippen LogP contribution in [0.3, 0.4) is 0 Å². The van der Waals surface area contributed by atoms with Crippen molar-refractivity contribution in [1.82, 2.24) is 0 Å². The van der Waals surface area contributed by atoms with Crippen LogP contribution < -0.4 is 9.80 Å². The summed E-state index contributed by atoms with van der Waals surface area (Å²) in [7, 11) is 0. The number of rotatable bonds is 11. The Kier molecular flexibility index (Phi) is 11.9. The molecule has 0 aliphatic heterocycles. The fraction of sp³-hybridized carbons (Fsp3) is 0.0571. The van der Waals surface area contributed by atoms with Gasteiger partial charge in [-0.1, -0.05) is 217 Å². The van der Waals surface area contributed by atoms with Gasteiger partial charge in [-0.25, -0.2) is 0 Å². The number of benzene rings is 11. The summed E-state index contributed by atoms with van der Waals surface area (Å²) in [6.45, 7) is 4.37. The summed E-state index contributed by atoms with van der Waals surface area (Å²) in [6.07, 6.45) is 7.99. The first kappa shape index (κ1) is 44.2. The highest BCUT2D eigenvalue weighted by Crippen LogP contribution is 2.48. The average molecular weight is 923 g/mol. The molecule has 2 heteroatoms. The van der Waals surface area contributed by atoms with E-state index in [4.69, 9.17) is 0 Å². The Bertz CT molecular complexity index is 3750. The van der Waals surface area contributed by atoms with Gasteiger partial charge < -0.3 is 9.80 Å². The number of fused-ring (bicyclic) bond motifs is 2. The summed E-state index contributed by atoms with van der Waals surface area (Å²) in [4.78, 5) is 4.73. The maximum atomic E-state index is 2.39. The second kappa shape index (κ2) is 19.4. The van der Waals surface area contributed by atoms with E-state index in [0.29, 0.717) is 5.92 Å². The number of aryl methyl sites for hydroxylation is 2. The normalized spacial score (nSPS) is 13.2. The van der Waals surface area contributed by atoms with Gasteiger partial charge in [-0.3, -0.25) is 0 Å². The van der Waals surface area contributed by atoms with Gasteiger partial charge in [0.1, 0.15) is 0 Å². The zero-order valence-corrected chi connectivity index (χ0v) is 40.7. The van der Waals surface area contributed by atoms with Crippen molar-refractivity contribution < 1.29 is 0 Å². The topological polar surface area (TPSA) is 6.48 Å². The first-order chi connectivity index (χ1) is 35.5. The predicted molar refractivity (Wildman–Crippen MR) is 307 cm³/mol. The van der Waals surface area contributed by atoms with Gasteiger partial charge in [-0.2, -0.15) is 0 Å². The Hall–Kier alpha value is -8.98. The molecule has 1 aliphatic carbocycles. The molecule has 0 radical (unpaired) electrons. The minimum absolute atomic E-state index is 0.360. The Balaban J connectivity index is 0.971. The van der Waals surface area contributed by atoms with Crippen molar-refractivity contribution in [2.75, 3.05) is 9.80 Å². The third-order valence-corrected chi connectivity index (χ3v) is 14.3. The maximum Gasteiger partial charge on any atom is 0.0462 e. The minimum atomic E-state index is 0.360. The quantitative estimate of drug-likeness (QED) is 0.128. The average Bonchev–Trinajstić information content (AvgIpc) is 3.44. The van der Waals surface area contributed by atoms with Crippen molar-refractivity contribution in [3.8, 4) is 44.5 Å². The first-order valence-corrected chi connectivity index (χ1v) is 25.1. The molecule has 12 rings (SSSR count). The highest BCUT2D eigenvalue weighted by Gasteiger charge is 2.22. The molecule has 0 N–H and O–H groups in total. The molecule has 0 aromatic heterocycles. The van der Waals surface area contributed by atoms with Crippen LogP contribution in [0.25, 0.3) is 66.1 Å². The summed E-state index contributed by atoms with van der Waals surface area (Å²) in [6, 6.07) is 93.3. The lowest BCUT2D eigenvalue weighted by molar-refractivity contribution is 0.840. The van der Waals surface area contributed by atoms with Gasteiger partial charge in [-0.15, -0.1) is 0 Å². The molecule has 344 valence electrons. The lowest BCUT2D eigenvalue weighted by Crippen LogP contribution is -2.17. The van der Waals surface area contributed by atoms with Crippen LogP contribution >= 0.6 is 0 Å². The third kappa shape index (κ3) is 8.69. The van der Waals surface area contributed by atoms with E-state index in [0.717, 1.165) is 40.4 Å². The lowest BCUT2D eigenvalue weighted by atomic mass is 9.83. The Morgan fingerprint density at radius 1 is 0.347 bits per heavy atom. The molecule has 1 aliphatic rings. The van der Waals surface area contributed by atoms with Crippen molar-refractivity contribution in [1.29, 1.82) is 0 Å². The highest BCUT2D eigenvalue weighted by molar-refractivity contribution is 6.15. The van der Waals surface area contributed by atoms with Crippen LogP contribution in [0.4, 0.5) is 28.4 Å². The van der Waals surface area contributed by atoms with E-state index in [1.807, 2.05) is 0 Å². The fourth-order valence-electron chi connectivity index (χ4n) is 10.7.